The van der Waals surface area contributed by atoms with E-state index in [1.807, 2.05) is 10.6 Å². The van der Waals surface area contributed by atoms with Crippen LogP contribution in [0.5, 0.6) is 0 Å². The Labute approximate surface area is 90.9 Å². The number of aromatic nitrogens is 1. The van der Waals surface area contributed by atoms with Crippen molar-refractivity contribution in [3.8, 4) is 0 Å². The van der Waals surface area contributed by atoms with E-state index in [0.717, 1.165) is 12.8 Å². The van der Waals surface area contributed by atoms with Crippen molar-refractivity contribution in [1.29, 1.82) is 0 Å². The Morgan fingerprint density at radius 2 is 1.80 bits per heavy atom. The Kier molecular flexibility index (Phi) is 2.45. The molecular formula is C13H19NO. The first kappa shape index (κ1) is 10.5. The number of nitrogens with zero attached hydrogens (tertiary/aromatic N) is 1. The van der Waals surface area contributed by atoms with Gasteiger partial charge in [0.15, 0.2) is 0 Å². The molecule has 0 aromatic carbocycles. The largest absolute Gasteiger partial charge is 0.307 e. The molecule has 0 aliphatic heterocycles. The summed E-state index contributed by atoms with van der Waals surface area (Å²) in [6, 6.07) is 3.73. The van der Waals surface area contributed by atoms with Crippen LogP contribution in [0.25, 0.3) is 0 Å². The maximum Gasteiger partial charge on any atom is 0.251 e. The lowest BCUT2D eigenvalue weighted by atomic mass is 9.94. The normalized spacial score (nSPS) is 16.2. The molecule has 2 rings (SSSR count). The molecule has 0 amide bonds. The zero-order valence-electron chi connectivity index (χ0n) is 9.84. The van der Waals surface area contributed by atoms with Crippen LogP contribution in [0.1, 0.15) is 44.9 Å². The van der Waals surface area contributed by atoms with Crippen LogP contribution in [0.3, 0.4) is 0 Å². The second-order valence-corrected chi connectivity index (χ2v) is 5.36. The van der Waals surface area contributed by atoms with Gasteiger partial charge in [-0.2, -0.15) is 0 Å². The van der Waals surface area contributed by atoms with Gasteiger partial charge in [0.05, 0.1) is 0 Å². The highest BCUT2D eigenvalue weighted by atomic mass is 16.1. The summed E-state index contributed by atoms with van der Waals surface area (Å²) < 4.78 is 1.97. The number of aryl methyl sites for hydroxylation is 1. The average Bonchev–Trinajstić information content (AvgIpc) is 2.15. The summed E-state index contributed by atoms with van der Waals surface area (Å²) in [5, 5.41) is 0. The second-order valence-electron chi connectivity index (χ2n) is 5.36. The van der Waals surface area contributed by atoms with Gasteiger partial charge in [0.25, 0.3) is 5.56 Å². The smallest absolute Gasteiger partial charge is 0.251 e. The quantitative estimate of drug-likeness (QED) is 0.637. The third-order valence-electron chi connectivity index (χ3n) is 3.07. The standard InChI is InChI=1S/C13H19NO/c1-13(2,3)14-11-7-5-4-6-10(11)8-9-12(14)15/h8-9H,4-7H2,1-3H3. The number of fused-ring (bicyclic) bond motifs is 1. The predicted molar refractivity (Wildman–Crippen MR) is 62.3 cm³/mol. The van der Waals surface area contributed by atoms with Crippen LogP contribution in [-0.4, -0.2) is 4.57 Å². The third kappa shape index (κ3) is 1.85. The van der Waals surface area contributed by atoms with Gasteiger partial charge in [-0.1, -0.05) is 6.07 Å². The monoisotopic (exact) mass is 205 g/mol. The third-order valence-corrected chi connectivity index (χ3v) is 3.07. The Balaban J connectivity index is 2.66. The van der Waals surface area contributed by atoms with Crippen molar-refractivity contribution in [3.63, 3.8) is 0 Å². The zero-order valence-corrected chi connectivity index (χ0v) is 9.84. The molecule has 0 unspecified atom stereocenters. The van der Waals surface area contributed by atoms with Gasteiger partial charge in [0, 0.05) is 17.3 Å². The lowest BCUT2D eigenvalue weighted by Gasteiger charge is -2.29. The molecular weight excluding hydrogens is 186 g/mol. The SMILES string of the molecule is CC(C)(C)n1c2c(ccc1=O)CCCC2. The molecule has 0 atom stereocenters. The van der Waals surface area contributed by atoms with E-state index >= 15 is 0 Å². The first-order chi connectivity index (χ1) is 7.00. The van der Waals surface area contributed by atoms with Crippen molar-refractivity contribution in [2.75, 3.05) is 0 Å². The number of hydrogen-bond acceptors (Lipinski definition) is 1. The van der Waals surface area contributed by atoms with Gasteiger partial charge in [-0.3, -0.25) is 4.79 Å². The molecule has 15 heavy (non-hydrogen) atoms. The molecule has 1 aromatic rings. The maximum atomic E-state index is 11.9. The zero-order chi connectivity index (χ0) is 11.1. The van der Waals surface area contributed by atoms with Gasteiger partial charge in [-0.15, -0.1) is 0 Å². The minimum Gasteiger partial charge on any atom is -0.307 e. The molecule has 0 fully saturated rings. The van der Waals surface area contributed by atoms with E-state index < -0.39 is 0 Å². The van der Waals surface area contributed by atoms with Crippen molar-refractivity contribution in [2.45, 2.75) is 52.0 Å². The van der Waals surface area contributed by atoms with Gasteiger partial charge in [-0.05, 0) is 52.0 Å². The van der Waals surface area contributed by atoms with E-state index in [1.54, 1.807) is 6.07 Å². The van der Waals surface area contributed by atoms with E-state index in [2.05, 4.69) is 20.8 Å². The van der Waals surface area contributed by atoms with Gasteiger partial charge in [0.1, 0.15) is 0 Å². The topological polar surface area (TPSA) is 22.0 Å². The van der Waals surface area contributed by atoms with E-state index in [-0.39, 0.29) is 11.1 Å². The first-order valence-electron chi connectivity index (χ1n) is 5.74. The summed E-state index contributed by atoms with van der Waals surface area (Å²) in [6.07, 6.45) is 4.66. The van der Waals surface area contributed by atoms with Crippen molar-refractivity contribution >= 4 is 0 Å². The fourth-order valence-electron chi connectivity index (χ4n) is 2.46. The average molecular weight is 205 g/mol. The second kappa shape index (κ2) is 3.51. The van der Waals surface area contributed by atoms with Crippen LogP contribution in [0.15, 0.2) is 16.9 Å². The van der Waals surface area contributed by atoms with Crippen LogP contribution in [0.2, 0.25) is 0 Å². The summed E-state index contributed by atoms with van der Waals surface area (Å²) in [7, 11) is 0. The summed E-state index contributed by atoms with van der Waals surface area (Å²) in [6.45, 7) is 6.30. The lowest BCUT2D eigenvalue weighted by molar-refractivity contribution is 0.363. The molecule has 1 aliphatic carbocycles. The Hall–Kier alpha value is -1.05. The Bertz CT molecular complexity index is 423. The van der Waals surface area contributed by atoms with Crippen LogP contribution < -0.4 is 5.56 Å². The van der Waals surface area contributed by atoms with E-state index in [4.69, 9.17) is 0 Å². The highest BCUT2D eigenvalue weighted by Crippen LogP contribution is 2.23. The van der Waals surface area contributed by atoms with Gasteiger partial charge in [0.2, 0.25) is 0 Å². The van der Waals surface area contributed by atoms with Crippen LogP contribution >= 0.6 is 0 Å². The molecule has 1 aromatic heterocycles. The summed E-state index contributed by atoms with van der Waals surface area (Å²) in [5.74, 6) is 0. The van der Waals surface area contributed by atoms with Crippen LogP contribution in [0, 0.1) is 0 Å². The Morgan fingerprint density at radius 1 is 1.13 bits per heavy atom. The van der Waals surface area contributed by atoms with E-state index in [0.29, 0.717) is 0 Å². The molecule has 1 aliphatic rings. The fourth-order valence-corrected chi connectivity index (χ4v) is 2.46. The minimum absolute atomic E-state index is 0.0975. The van der Waals surface area contributed by atoms with Crippen LogP contribution in [-0.2, 0) is 18.4 Å². The van der Waals surface area contributed by atoms with Crippen LogP contribution in [0.4, 0.5) is 0 Å². The fraction of sp³-hybridized carbons (Fsp3) is 0.615. The predicted octanol–water partition coefficient (Wildman–Crippen LogP) is 2.48. The lowest BCUT2D eigenvalue weighted by Crippen LogP contribution is -2.37. The number of rotatable bonds is 0. The molecule has 0 bridgehead atoms. The van der Waals surface area contributed by atoms with E-state index in [9.17, 15) is 4.79 Å². The highest BCUT2D eigenvalue weighted by Gasteiger charge is 2.21. The molecule has 0 radical (unpaired) electrons. The molecule has 2 nitrogen and oxygen atoms in total. The number of pyridine rings is 1. The van der Waals surface area contributed by atoms with E-state index in [1.165, 1.54) is 24.1 Å². The molecule has 0 N–H and O–H groups in total. The minimum atomic E-state index is -0.0975. The Morgan fingerprint density at radius 3 is 2.47 bits per heavy atom. The molecule has 1 heterocycles. The maximum absolute atomic E-state index is 11.9. The molecule has 0 saturated carbocycles. The highest BCUT2D eigenvalue weighted by molar-refractivity contribution is 5.24. The summed E-state index contributed by atoms with van der Waals surface area (Å²) in [4.78, 5) is 11.9. The van der Waals surface area contributed by atoms with Gasteiger partial charge < -0.3 is 4.57 Å². The molecule has 82 valence electrons. The van der Waals surface area contributed by atoms with Gasteiger partial charge >= 0.3 is 0 Å². The summed E-state index contributed by atoms with van der Waals surface area (Å²) >= 11 is 0. The van der Waals surface area contributed by atoms with Crippen molar-refractivity contribution in [2.24, 2.45) is 0 Å². The number of hydrogen-bond donors (Lipinski definition) is 0. The van der Waals surface area contributed by atoms with Gasteiger partial charge in [-0.25, -0.2) is 0 Å². The van der Waals surface area contributed by atoms with Crippen molar-refractivity contribution < 1.29 is 0 Å². The summed E-state index contributed by atoms with van der Waals surface area (Å²) in [5.41, 5.74) is 2.68. The first-order valence-corrected chi connectivity index (χ1v) is 5.74. The molecule has 0 spiro atoms. The van der Waals surface area contributed by atoms with Crippen molar-refractivity contribution in [3.05, 3.63) is 33.7 Å². The van der Waals surface area contributed by atoms with Crippen molar-refractivity contribution in [1.82, 2.24) is 4.57 Å². The molecule has 0 saturated heterocycles. The molecule has 2 heteroatoms.